The van der Waals surface area contributed by atoms with Crippen LogP contribution in [0.1, 0.15) is 0 Å². The SMILES string of the molecule is CN1NN=C2C(N)=NC=NC21. The summed E-state index contributed by atoms with van der Waals surface area (Å²) in [7, 11) is 1.84. The van der Waals surface area contributed by atoms with E-state index < -0.39 is 0 Å². The van der Waals surface area contributed by atoms with Gasteiger partial charge in [0.05, 0.1) is 0 Å². The van der Waals surface area contributed by atoms with Crippen molar-refractivity contribution >= 4 is 17.9 Å². The molecule has 1 unspecified atom stereocenters. The summed E-state index contributed by atoms with van der Waals surface area (Å²) in [4.78, 5) is 7.88. The van der Waals surface area contributed by atoms with Crippen LogP contribution in [-0.2, 0) is 0 Å². The predicted octanol–water partition coefficient (Wildman–Crippen LogP) is -1.48. The van der Waals surface area contributed by atoms with E-state index in [-0.39, 0.29) is 6.17 Å². The number of nitrogens with zero attached hydrogens (tertiary/aromatic N) is 4. The van der Waals surface area contributed by atoms with Crippen LogP contribution in [0.4, 0.5) is 0 Å². The van der Waals surface area contributed by atoms with Crippen LogP contribution in [0.5, 0.6) is 0 Å². The Morgan fingerprint density at radius 2 is 2.55 bits per heavy atom. The van der Waals surface area contributed by atoms with Crippen molar-refractivity contribution in [1.29, 1.82) is 0 Å². The summed E-state index contributed by atoms with van der Waals surface area (Å²) >= 11 is 0. The molecule has 0 fully saturated rings. The highest BCUT2D eigenvalue weighted by Gasteiger charge is 2.29. The monoisotopic (exact) mass is 152 g/mol. The molecule has 0 saturated heterocycles. The molecule has 58 valence electrons. The molecule has 3 N–H and O–H groups in total. The largest absolute Gasteiger partial charge is 0.382 e. The van der Waals surface area contributed by atoms with Crippen LogP contribution < -0.4 is 11.3 Å². The van der Waals surface area contributed by atoms with Crippen LogP contribution in [0.25, 0.3) is 0 Å². The maximum absolute atomic E-state index is 5.54. The standard InChI is InChI=1S/C5H8N6/c1-11-5-3(9-10-11)4(6)7-2-8-5/h2,5,10H,1H3,(H2,6,7,8). The first-order valence-corrected chi connectivity index (χ1v) is 3.20. The second kappa shape index (κ2) is 2.03. The number of hydrazone groups is 1. The lowest BCUT2D eigenvalue weighted by atomic mass is 10.2. The fourth-order valence-corrected chi connectivity index (χ4v) is 1.01. The lowest BCUT2D eigenvalue weighted by Gasteiger charge is -2.16. The van der Waals surface area contributed by atoms with E-state index in [0.717, 1.165) is 0 Å². The smallest absolute Gasteiger partial charge is 0.169 e. The van der Waals surface area contributed by atoms with Crippen LogP contribution in [-0.4, -0.2) is 36.1 Å². The summed E-state index contributed by atoms with van der Waals surface area (Å²) in [6, 6.07) is 0. The molecule has 0 bridgehead atoms. The van der Waals surface area contributed by atoms with E-state index in [1.54, 1.807) is 5.01 Å². The van der Waals surface area contributed by atoms with Gasteiger partial charge in [-0.25, -0.2) is 15.5 Å². The predicted molar refractivity (Wildman–Crippen MR) is 42.2 cm³/mol. The number of nitrogens with one attached hydrogen (secondary N) is 1. The number of aliphatic imine (C=N–C) groups is 2. The molecule has 0 radical (unpaired) electrons. The summed E-state index contributed by atoms with van der Waals surface area (Å²) in [5.41, 5.74) is 8.97. The average molecular weight is 152 g/mol. The van der Waals surface area contributed by atoms with E-state index >= 15 is 0 Å². The molecule has 2 aliphatic heterocycles. The van der Waals surface area contributed by atoms with Gasteiger partial charge in [0, 0.05) is 7.05 Å². The molecule has 0 aromatic rings. The zero-order valence-corrected chi connectivity index (χ0v) is 6.02. The molecule has 2 rings (SSSR count). The van der Waals surface area contributed by atoms with Gasteiger partial charge in [-0.05, 0) is 0 Å². The number of hydrogen-bond donors (Lipinski definition) is 2. The molecule has 0 aromatic heterocycles. The maximum atomic E-state index is 5.54. The van der Waals surface area contributed by atoms with Crippen LogP contribution in [0, 0.1) is 0 Å². The summed E-state index contributed by atoms with van der Waals surface area (Å²) in [6.45, 7) is 0. The van der Waals surface area contributed by atoms with Crippen LogP contribution in [0.15, 0.2) is 15.1 Å². The molecular formula is C5H8N6. The molecule has 0 aromatic carbocycles. The van der Waals surface area contributed by atoms with Crippen molar-refractivity contribution in [2.75, 3.05) is 7.05 Å². The summed E-state index contributed by atoms with van der Waals surface area (Å²) in [5, 5.41) is 5.70. The van der Waals surface area contributed by atoms with Gasteiger partial charge in [0.15, 0.2) is 12.0 Å². The molecule has 0 saturated carbocycles. The first-order valence-electron chi connectivity index (χ1n) is 3.20. The van der Waals surface area contributed by atoms with E-state index in [4.69, 9.17) is 5.73 Å². The maximum Gasteiger partial charge on any atom is 0.169 e. The minimum Gasteiger partial charge on any atom is -0.382 e. The second-order valence-electron chi connectivity index (χ2n) is 2.36. The zero-order chi connectivity index (χ0) is 7.84. The first kappa shape index (κ1) is 6.29. The summed E-state index contributed by atoms with van der Waals surface area (Å²) < 4.78 is 0. The van der Waals surface area contributed by atoms with Crippen molar-refractivity contribution in [2.24, 2.45) is 20.8 Å². The molecule has 6 heteroatoms. The Kier molecular flexibility index (Phi) is 1.16. The van der Waals surface area contributed by atoms with Gasteiger partial charge in [-0.15, -0.1) is 0 Å². The molecule has 6 nitrogen and oxygen atoms in total. The number of amidine groups is 1. The van der Waals surface area contributed by atoms with Gasteiger partial charge >= 0.3 is 0 Å². The minimum absolute atomic E-state index is 0.104. The number of hydrazine groups is 1. The molecule has 0 spiro atoms. The number of fused-ring (bicyclic) bond motifs is 1. The first-order chi connectivity index (χ1) is 5.29. The van der Waals surface area contributed by atoms with E-state index in [9.17, 15) is 0 Å². The minimum atomic E-state index is -0.104. The highest BCUT2D eigenvalue weighted by molar-refractivity contribution is 6.44. The van der Waals surface area contributed by atoms with Crippen LogP contribution in [0.3, 0.4) is 0 Å². The van der Waals surface area contributed by atoms with Crippen molar-refractivity contribution in [3.8, 4) is 0 Å². The highest BCUT2D eigenvalue weighted by Crippen LogP contribution is 2.07. The molecule has 11 heavy (non-hydrogen) atoms. The van der Waals surface area contributed by atoms with Crippen molar-refractivity contribution in [3.63, 3.8) is 0 Å². The molecule has 0 aliphatic carbocycles. The molecule has 1 atom stereocenters. The Bertz CT molecular complexity index is 264. The fraction of sp³-hybridized carbons (Fsp3) is 0.400. The molecule has 0 amide bonds. The van der Waals surface area contributed by atoms with Crippen LogP contribution in [0.2, 0.25) is 0 Å². The zero-order valence-electron chi connectivity index (χ0n) is 6.02. The molecular weight excluding hydrogens is 144 g/mol. The Balaban J connectivity index is 2.35. The fourth-order valence-electron chi connectivity index (χ4n) is 1.01. The van der Waals surface area contributed by atoms with E-state index in [0.29, 0.717) is 11.5 Å². The van der Waals surface area contributed by atoms with E-state index in [1.807, 2.05) is 7.05 Å². The lowest BCUT2D eigenvalue weighted by Crippen LogP contribution is -2.42. The quantitative estimate of drug-likeness (QED) is 0.444. The van der Waals surface area contributed by atoms with E-state index in [2.05, 4.69) is 20.6 Å². The van der Waals surface area contributed by atoms with Gasteiger partial charge in [0.2, 0.25) is 0 Å². The van der Waals surface area contributed by atoms with Gasteiger partial charge in [-0.2, -0.15) is 10.1 Å². The number of rotatable bonds is 0. The normalized spacial score (nSPS) is 29.0. The van der Waals surface area contributed by atoms with Crippen molar-refractivity contribution in [3.05, 3.63) is 0 Å². The van der Waals surface area contributed by atoms with Gasteiger partial charge in [0.1, 0.15) is 12.1 Å². The Morgan fingerprint density at radius 3 is 3.27 bits per heavy atom. The van der Waals surface area contributed by atoms with Gasteiger partial charge < -0.3 is 5.73 Å². The topological polar surface area (TPSA) is 78.4 Å². The van der Waals surface area contributed by atoms with Gasteiger partial charge in [0.25, 0.3) is 0 Å². The highest BCUT2D eigenvalue weighted by atomic mass is 15.7. The van der Waals surface area contributed by atoms with Crippen molar-refractivity contribution in [1.82, 2.24) is 10.5 Å². The Morgan fingerprint density at radius 1 is 1.73 bits per heavy atom. The average Bonchev–Trinajstić information content (AvgIpc) is 2.35. The summed E-state index contributed by atoms with van der Waals surface area (Å²) in [6.07, 6.45) is 1.34. The number of hydrogen-bond acceptors (Lipinski definition) is 6. The Labute approximate surface area is 63.5 Å². The van der Waals surface area contributed by atoms with Crippen molar-refractivity contribution < 1.29 is 0 Å². The summed E-state index contributed by atoms with van der Waals surface area (Å²) in [5.74, 6) is 0.432. The third-order valence-electron chi connectivity index (χ3n) is 1.61. The Hall–Kier alpha value is -1.43. The number of nitrogens with two attached hydrogens (primary N) is 1. The van der Waals surface area contributed by atoms with Gasteiger partial charge in [-0.1, -0.05) is 0 Å². The van der Waals surface area contributed by atoms with Gasteiger partial charge in [-0.3, -0.25) is 0 Å². The van der Waals surface area contributed by atoms with Crippen molar-refractivity contribution in [2.45, 2.75) is 6.17 Å². The lowest BCUT2D eigenvalue weighted by molar-refractivity contribution is 0.243. The van der Waals surface area contributed by atoms with E-state index in [1.165, 1.54) is 6.34 Å². The third kappa shape index (κ3) is 0.795. The third-order valence-corrected chi connectivity index (χ3v) is 1.61. The van der Waals surface area contributed by atoms with Crippen LogP contribution >= 0.6 is 0 Å². The molecule has 2 aliphatic rings. The molecule has 2 heterocycles. The second-order valence-corrected chi connectivity index (χ2v) is 2.36.